The van der Waals surface area contributed by atoms with Crippen LogP contribution >= 0.6 is 0 Å². The fraction of sp³-hybridized carbons (Fsp3) is 0.556. The number of hydrogen-bond acceptors (Lipinski definition) is 2. The van der Waals surface area contributed by atoms with Gasteiger partial charge >= 0.3 is 6.18 Å². The Hall–Kier alpha value is -0.970. The third-order valence-electron chi connectivity index (χ3n) is 1.75. The predicted molar refractivity (Wildman–Crippen MR) is 43.7 cm³/mol. The molecule has 14 heavy (non-hydrogen) atoms. The molecule has 1 atom stereocenters. The van der Waals surface area contributed by atoms with Crippen molar-refractivity contribution < 1.29 is 22.7 Å². The van der Waals surface area contributed by atoms with Gasteiger partial charge in [0.2, 0.25) is 5.76 Å². The molecule has 80 valence electrons. The van der Waals surface area contributed by atoms with Crippen LogP contribution in [0.2, 0.25) is 0 Å². The molecule has 0 aliphatic rings. The predicted octanol–water partition coefficient (Wildman–Crippen LogP) is 2.61. The van der Waals surface area contributed by atoms with Crippen molar-refractivity contribution in [3.63, 3.8) is 0 Å². The molecule has 0 saturated carbocycles. The molecule has 0 aliphatic carbocycles. The summed E-state index contributed by atoms with van der Waals surface area (Å²) >= 11 is 0. The lowest BCUT2D eigenvalue weighted by Crippen LogP contribution is -2.03. The van der Waals surface area contributed by atoms with E-state index in [9.17, 15) is 13.2 Å². The zero-order valence-electron chi connectivity index (χ0n) is 7.64. The molecule has 0 amide bonds. The minimum absolute atomic E-state index is 0.248. The molecule has 1 N–H and O–H groups in total. The first-order chi connectivity index (χ1) is 6.39. The average molecular weight is 208 g/mol. The normalized spacial score (nSPS) is 14.4. The van der Waals surface area contributed by atoms with Gasteiger partial charge in [0.25, 0.3) is 0 Å². The van der Waals surface area contributed by atoms with Gasteiger partial charge in [-0.05, 0) is 25.5 Å². The Balaban J connectivity index is 2.60. The summed E-state index contributed by atoms with van der Waals surface area (Å²) in [5.41, 5.74) is 0. The standard InChI is InChI=1S/C9H11F3O2/c1-6(13)2-3-7-4-5-8(14-7)9(10,11)12/h4-6,13H,2-3H2,1H3/t6-/m1/s1. The molecule has 0 aromatic carbocycles. The molecule has 5 heteroatoms. The van der Waals surface area contributed by atoms with Crippen LogP contribution in [0.5, 0.6) is 0 Å². The third-order valence-corrected chi connectivity index (χ3v) is 1.75. The highest BCUT2D eigenvalue weighted by Gasteiger charge is 2.34. The molecule has 0 saturated heterocycles. The molecule has 0 spiro atoms. The molecule has 0 unspecified atom stereocenters. The van der Waals surface area contributed by atoms with Gasteiger partial charge in [0, 0.05) is 6.42 Å². The summed E-state index contributed by atoms with van der Waals surface area (Å²) in [5.74, 6) is -0.740. The number of aliphatic hydroxyl groups excluding tert-OH is 1. The summed E-state index contributed by atoms with van der Waals surface area (Å²) < 4.78 is 40.7. The van der Waals surface area contributed by atoms with Crippen molar-refractivity contribution >= 4 is 0 Å². The molecule has 1 heterocycles. The topological polar surface area (TPSA) is 33.4 Å². The van der Waals surface area contributed by atoms with Gasteiger partial charge in [0.1, 0.15) is 5.76 Å². The van der Waals surface area contributed by atoms with E-state index in [1.807, 2.05) is 0 Å². The highest BCUT2D eigenvalue weighted by atomic mass is 19.4. The number of hydrogen-bond donors (Lipinski definition) is 1. The fourth-order valence-electron chi connectivity index (χ4n) is 1.02. The van der Waals surface area contributed by atoms with Gasteiger partial charge in [-0.1, -0.05) is 0 Å². The zero-order valence-corrected chi connectivity index (χ0v) is 7.64. The van der Waals surface area contributed by atoms with Gasteiger partial charge in [-0.3, -0.25) is 0 Å². The van der Waals surface area contributed by atoms with E-state index in [-0.39, 0.29) is 5.76 Å². The van der Waals surface area contributed by atoms with E-state index in [2.05, 4.69) is 4.42 Å². The molecule has 2 nitrogen and oxygen atoms in total. The lowest BCUT2D eigenvalue weighted by Gasteiger charge is -2.02. The Labute approximate surface area is 79.3 Å². The molecular weight excluding hydrogens is 197 g/mol. The van der Waals surface area contributed by atoms with Crippen molar-refractivity contribution in [2.75, 3.05) is 0 Å². The Morgan fingerprint density at radius 2 is 2.07 bits per heavy atom. The van der Waals surface area contributed by atoms with Crippen LogP contribution in [0, 0.1) is 0 Å². The third kappa shape index (κ3) is 3.06. The number of alkyl halides is 3. The van der Waals surface area contributed by atoms with Crippen LogP contribution in [0.4, 0.5) is 13.2 Å². The molecule has 0 radical (unpaired) electrons. The Morgan fingerprint density at radius 3 is 2.50 bits per heavy atom. The lowest BCUT2D eigenvalue weighted by molar-refractivity contribution is -0.153. The van der Waals surface area contributed by atoms with E-state index < -0.39 is 18.0 Å². The largest absolute Gasteiger partial charge is 0.457 e. The van der Waals surface area contributed by atoms with Crippen LogP contribution < -0.4 is 0 Å². The lowest BCUT2D eigenvalue weighted by atomic mass is 10.2. The molecule has 1 rings (SSSR count). The van der Waals surface area contributed by atoms with Crippen molar-refractivity contribution in [3.8, 4) is 0 Å². The van der Waals surface area contributed by atoms with Crippen molar-refractivity contribution in [2.24, 2.45) is 0 Å². The minimum atomic E-state index is -4.43. The van der Waals surface area contributed by atoms with Crippen LogP contribution in [0.3, 0.4) is 0 Å². The van der Waals surface area contributed by atoms with E-state index in [0.29, 0.717) is 12.8 Å². The Morgan fingerprint density at radius 1 is 1.43 bits per heavy atom. The molecule has 0 aliphatic heterocycles. The van der Waals surface area contributed by atoms with E-state index in [1.54, 1.807) is 6.92 Å². The maximum atomic E-state index is 12.1. The van der Waals surface area contributed by atoms with Crippen LogP contribution in [-0.2, 0) is 12.6 Å². The number of furan rings is 1. The van der Waals surface area contributed by atoms with Crippen LogP contribution in [0.25, 0.3) is 0 Å². The highest BCUT2D eigenvalue weighted by molar-refractivity contribution is 5.09. The van der Waals surface area contributed by atoms with Crippen molar-refractivity contribution in [3.05, 3.63) is 23.7 Å². The Bertz CT molecular complexity index is 288. The monoisotopic (exact) mass is 208 g/mol. The van der Waals surface area contributed by atoms with Crippen molar-refractivity contribution in [1.82, 2.24) is 0 Å². The van der Waals surface area contributed by atoms with E-state index in [4.69, 9.17) is 5.11 Å². The smallest absolute Gasteiger partial charge is 0.449 e. The van der Waals surface area contributed by atoms with Gasteiger partial charge < -0.3 is 9.52 Å². The van der Waals surface area contributed by atoms with E-state index in [1.165, 1.54) is 6.07 Å². The number of aliphatic hydroxyl groups is 1. The van der Waals surface area contributed by atoms with Crippen LogP contribution in [-0.4, -0.2) is 11.2 Å². The molecule has 1 aromatic heterocycles. The molecule has 1 aromatic rings. The van der Waals surface area contributed by atoms with Gasteiger partial charge in [0.05, 0.1) is 6.10 Å². The quantitative estimate of drug-likeness (QED) is 0.828. The summed E-state index contributed by atoms with van der Waals surface area (Å²) in [5, 5.41) is 8.92. The molecule has 0 fully saturated rings. The highest BCUT2D eigenvalue weighted by Crippen LogP contribution is 2.30. The number of halogens is 3. The SMILES string of the molecule is C[C@@H](O)CCc1ccc(C(F)(F)F)o1. The molecule has 0 bridgehead atoms. The number of rotatable bonds is 3. The first kappa shape index (κ1) is 11.1. The van der Waals surface area contributed by atoms with Gasteiger partial charge in [-0.15, -0.1) is 0 Å². The second-order valence-corrected chi connectivity index (χ2v) is 3.15. The fourth-order valence-corrected chi connectivity index (χ4v) is 1.02. The summed E-state index contributed by atoms with van der Waals surface area (Å²) in [7, 11) is 0. The van der Waals surface area contributed by atoms with E-state index in [0.717, 1.165) is 6.07 Å². The maximum Gasteiger partial charge on any atom is 0.449 e. The van der Waals surface area contributed by atoms with Crippen molar-refractivity contribution in [2.45, 2.75) is 32.0 Å². The summed E-state index contributed by atoms with van der Waals surface area (Å²) in [6.45, 7) is 1.58. The maximum absolute atomic E-state index is 12.1. The van der Waals surface area contributed by atoms with Crippen LogP contribution in [0.15, 0.2) is 16.5 Å². The molecular formula is C9H11F3O2. The zero-order chi connectivity index (χ0) is 10.8. The van der Waals surface area contributed by atoms with E-state index >= 15 is 0 Å². The summed E-state index contributed by atoms with van der Waals surface area (Å²) in [6.07, 6.45) is -4.25. The minimum Gasteiger partial charge on any atom is -0.457 e. The Kier molecular flexibility index (Phi) is 3.21. The summed E-state index contributed by atoms with van der Waals surface area (Å²) in [6, 6.07) is 2.18. The second kappa shape index (κ2) is 4.04. The average Bonchev–Trinajstić information content (AvgIpc) is 2.47. The van der Waals surface area contributed by atoms with Crippen LogP contribution in [0.1, 0.15) is 24.9 Å². The van der Waals surface area contributed by atoms with Crippen molar-refractivity contribution in [1.29, 1.82) is 0 Å². The van der Waals surface area contributed by atoms with Gasteiger partial charge in [-0.2, -0.15) is 13.2 Å². The van der Waals surface area contributed by atoms with Gasteiger partial charge in [-0.25, -0.2) is 0 Å². The first-order valence-electron chi connectivity index (χ1n) is 4.23. The number of aryl methyl sites for hydroxylation is 1. The van der Waals surface area contributed by atoms with Gasteiger partial charge in [0.15, 0.2) is 0 Å². The second-order valence-electron chi connectivity index (χ2n) is 3.15. The first-order valence-corrected chi connectivity index (χ1v) is 4.23. The summed E-state index contributed by atoms with van der Waals surface area (Å²) in [4.78, 5) is 0.